The molecule has 0 atom stereocenters. The molecule has 1 N–H and O–H groups in total. The maximum absolute atomic E-state index is 5.33. The van der Waals surface area contributed by atoms with Crippen molar-refractivity contribution in [3.05, 3.63) is 12.0 Å². The molecule has 86 valence electrons. The van der Waals surface area contributed by atoms with Crippen LogP contribution in [0.5, 0.6) is 6.08 Å². The van der Waals surface area contributed by atoms with Crippen LogP contribution in [0.4, 0.5) is 0 Å². The minimum absolute atomic E-state index is 0.386. The van der Waals surface area contributed by atoms with E-state index in [1.807, 2.05) is 0 Å². The predicted molar refractivity (Wildman–Crippen MR) is 58.9 cm³/mol. The SMILES string of the molecule is CCCCOc1nc(CNCCC)co1. The second-order valence-electron chi connectivity index (χ2n) is 3.48. The second kappa shape index (κ2) is 7.29. The largest absolute Gasteiger partial charge is 0.450 e. The molecule has 4 nitrogen and oxygen atoms in total. The zero-order valence-corrected chi connectivity index (χ0v) is 9.58. The van der Waals surface area contributed by atoms with E-state index in [1.165, 1.54) is 0 Å². The van der Waals surface area contributed by atoms with Crippen molar-refractivity contribution < 1.29 is 9.15 Å². The molecule has 15 heavy (non-hydrogen) atoms. The van der Waals surface area contributed by atoms with Crippen molar-refractivity contribution in [2.75, 3.05) is 13.2 Å². The molecule has 0 saturated carbocycles. The first-order valence-electron chi connectivity index (χ1n) is 5.64. The summed E-state index contributed by atoms with van der Waals surface area (Å²) in [4.78, 5) is 4.20. The summed E-state index contributed by atoms with van der Waals surface area (Å²) in [6.07, 6.45) is 5.30. The van der Waals surface area contributed by atoms with E-state index in [9.17, 15) is 0 Å². The molecule has 1 rings (SSSR count). The Morgan fingerprint density at radius 2 is 2.27 bits per heavy atom. The van der Waals surface area contributed by atoms with Gasteiger partial charge in [-0.15, -0.1) is 0 Å². The number of ether oxygens (including phenoxy) is 1. The van der Waals surface area contributed by atoms with Gasteiger partial charge in [-0.1, -0.05) is 20.3 Å². The van der Waals surface area contributed by atoms with Crippen LogP contribution in [-0.2, 0) is 6.54 Å². The number of aromatic nitrogens is 1. The Labute approximate surface area is 91.0 Å². The lowest BCUT2D eigenvalue weighted by atomic mass is 10.4. The van der Waals surface area contributed by atoms with E-state index in [2.05, 4.69) is 24.1 Å². The van der Waals surface area contributed by atoms with Gasteiger partial charge in [0.2, 0.25) is 0 Å². The third-order valence-electron chi connectivity index (χ3n) is 1.99. The number of rotatable bonds is 8. The van der Waals surface area contributed by atoms with Crippen LogP contribution in [-0.4, -0.2) is 18.1 Å². The predicted octanol–water partition coefficient (Wildman–Crippen LogP) is 2.35. The number of hydrogen-bond donors (Lipinski definition) is 1. The molecule has 0 amide bonds. The highest BCUT2D eigenvalue weighted by Crippen LogP contribution is 2.10. The van der Waals surface area contributed by atoms with Gasteiger partial charge in [0.05, 0.1) is 12.3 Å². The second-order valence-corrected chi connectivity index (χ2v) is 3.48. The van der Waals surface area contributed by atoms with E-state index in [1.54, 1.807) is 6.26 Å². The molecule has 1 heterocycles. The zero-order chi connectivity index (χ0) is 10.9. The number of nitrogens with zero attached hydrogens (tertiary/aromatic N) is 1. The fourth-order valence-electron chi connectivity index (χ4n) is 1.13. The molecule has 0 aliphatic carbocycles. The summed E-state index contributed by atoms with van der Waals surface area (Å²) < 4.78 is 10.5. The highest BCUT2D eigenvalue weighted by Gasteiger charge is 2.03. The van der Waals surface area contributed by atoms with Crippen LogP contribution in [0.2, 0.25) is 0 Å². The van der Waals surface area contributed by atoms with Gasteiger partial charge in [-0.25, -0.2) is 0 Å². The molecule has 0 aliphatic heterocycles. The van der Waals surface area contributed by atoms with Crippen LogP contribution >= 0.6 is 0 Å². The van der Waals surface area contributed by atoms with Gasteiger partial charge in [-0.3, -0.25) is 0 Å². The lowest BCUT2D eigenvalue weighted by Gasteiger charge is -1.98. The van der Waals surface area contributed by atoms with E-state index in [0.29, 0.717) is 12.7 Å². The van der Waals surface area contributed by atoms with Crippen LogP contribution in [0.15, 0.2) is 10.7 Å². The lowest BCUT2D eigenvalue weighted by molar-refractivity contribution is 0.226. The fourth-order valence-corrected chi connectivity index (χ4v) is 1.13. The van der Waals surface area contributed by atoms with Crippen molar-refractivity contribution in [3.63, 3.8) is 0 Å². The smallest absolute Gasteiger partial charge is 0.393 e. The number of nitrogens with one attached hydrogen (secondary N) is 1. The van der Waals surface area contributed by atoms with Crippen LogP contribution in [0.25, 0.3) is 0 Å². The van der Waals surface area contributed by atoms with E-state index in [0.717, 1.165) is 38.0 Å². The Morgan fingerprint density at radius 3 is 3.00 bits per heavy atom. The van der Waals surface area contributed by atoms with E-state index in [-0.39, 0.29) is 0 Å². The number of oxazole rings is 1. The van der Waals surface area contributed by atoms with Crippen LogP contribution in [0.1, 0.15) is 38.8 Å². The molecule has 0 aromatic carbocycles. The molecular formula is C11H20N2O2. The molecule has 1 aromatic rings. The van der Waals surface area contributed by atoms with Crippen LogP contribution < -0.4 is 10.1 Å². The van der Waals surface area contributed by atoms with E-state index < -0.39 is 0 Å². The highest BCUT2D eigenvalue weighted by atomic mass is 16.6. The first kappa shape index (κ1) is 12.0. The van der Waals surface area contributed by atoms with Crippen molar-refractivity contribution >= 4 is 0 Å². The molecule has 4 heteroatoms. The van der Waals surface area contributed by atoms with Gasteiger partial charge in [-0.2, -0.15) is 4.98 Å². The van der Waals surface area contributed by atoms with Gasteiger partial charge in [0.25, 0.3) is 0 Å². The quantitative estimate of drug-likeness (QED) is 0.672. The monoisotopic (exact) mass is 212 g/mol. The van der Waals surface area contributed by atoms with Gasteiger partial charge >= 0.3 is 6.08 Å². The molecule has 0 fully saturated rings. The summed E-state index contributed by atoms with van der Waals surface area (Å²) in [5, 5.41) is 3.25. The van der Waals surface area contributed by atoms with Crippen molar-refractivity contribution in [1.29, 1.82) is 0 Å². The number of unbranched alkanes of at least 4 members (excludes halogenated alkanes) is 1. The summed E-state index contributed by atoms with van der Waals surface area (Å²) in [6, 6.07) is 0. The molecule has 1 aromatic heterocycles. The van der Waals surface area contributed by atoms with E-state index >= 15 is 0 Å². The third-order valence-corrected chi connectivity index (χ3v) is 1.99. The summed E-state index contributed by atoms with van der Waals surface area (Å²) in [7, 11) is 0. The highest BCUT2D eigenvalue weighted by molar-refractivity contribution is 4.99. The van der Waals surface area contributed by atoms with Gasteiger partial charge in [-0.05, 0) is 19.4 Å². The summed E-state index contributed by atoms with van der Waals surface area (Å²) in [5.74, 6) is 0. The standard InChI is InChI=1S/C11H20N2O2/c1-3-5-7-14-11-13-10(9-15-11)8-12-6-4-2/h9,12H,3-8H2,1-2H3. The Hall–Kier alpha value is -1.03. The molecule has 0 aliphatic rings. The Kier molecular flexibility index (Phi) is 5.85. The van der Waals surface area contributed by atoms with E-state index in [4.69, 9.17) is 9.15 Å². The minimum atomic E-state index is 0.386. The summed E-state index contributed by atoms with van der Waals surface area (Å²) in [6.45, 7) is 6.68. The average Bonchev–Trinajstić information content (AvgIpc) is 2.67. The summed E-state index contributed by atoms with van der Waals surface area (Å²) in [5.41, 5.74) is 0.898. The lowest BCUT2D eigenvalue weighted by Crippen LogP contribution is -2.13. The molecular weight excluding hydrogens is 192 g/mol. The van der Waals surface area contributed by atoms with Crippen LogP contribution in [0, 0.1) is 0 Å². The third kappa shape index (κ3) is 4.83. The van der Waals surface area contributed by atoms with Crippen molar-refractivity contribution in [1.82, 2.24) is 10.3 Å². The van der Waals surface area contributed by atoms with Crippen molar-refractivity contribution in [3.8, 4) is 6.08 Å². The average molecular weight is 212 g/mol. The Balaban J connectivity index is 2.23. The Bertz CT molecular complexity index is 236. The number of hydrogen-bond acceptors (Lipinski definition) is 4. The fraction of sp³-hybridized carbons (Fsp3) is 0.727. The zero-order valence-electron chi connectivity index (χ0n) is 9.58. The van der Waals surface area contributed by atoms with Crippen LogP contribution in [0.3, 0.4) is 0 Å². The van der Waals surface area contributed by atoms with Gasteiger partial charge in [0, 0.05) is 6.54 Å². The maximum Gasteiger partial charge on any atom is 0.393 e. The van der Waals surface area contributed by atoms with Crippen molar-refractivity contribution in [2.45, 2.75) is 39.7 Å². The molecule has 0 radical (unpaired) electrons. The molecule has 0 saturated heterocycles. The van der Waals surface area contributed by atoms with Gasteiger partial charge in [0.15, 0.2) is 0 Å². The van der Waals surface area contributed by atoms with Gasteiger partial charge < -0.3 is 14.5 Å². The van der Waals surface area contributed by atoms with Crippen molar-refractivity contribution in [2.24, 2.45) is 0 Å². The first-order valence-corrected chi connectivity index (χ1v) is 5.64. The molecule has 0 bridgehead atoms. The molecule has 0 spiro atoms. The summed E-state index contributed by atoms with van der Waals surface area (Å²) >= 11 is 0. The normalized spacial score (nSPS) is 10.5. The first-order chi connectivity index (χ1) is 7.36. The van der Waals surface area contributed by atoms with Gasteiger partial charge in [0.1, 0.15) is 6.26 Å². The Morgan fingerprint density at radius 1 is 1.40 bits per heavy atom. The topological polar surface area (TPSA) is 47.3 Å². The minimum Gasteiger partial charge on any atom is -0.450 e. The maximum atomic E-state index is 5.33. The molecule has 0 unspecified atom stereocenters.